The van der Waals surface area contributed by atoms with Crippen molar-refractivity contribution in [3.8, 4) is 11.5 Å². The Kier molecular flexibility index (Phi) is 7.95. The number of rotatable bonds is 7. The highest BCUT2D eigenvalue weighted by Crippen LogP contribution is 2.43. The highest BCUT2D eigenvalue weighted by atomic mass is 35.5. The van der Waals surface area contributed by atoms with Crippen LogP contribution in [0.15, 0.2) is 30.3 Å². The van der Waals surface area contributed by atoms with E-state index in [4.69, 9.17) is 21.1 Å². The van der Waals surface area contributed by atoms with E-state index >= 15 is 0 Å². The molecule has 2 aromatic rings. The summed E-state index contributed by atoms with van der Waals surface area (Å²) in [5.41, 5.74) is 1.09. The summed E-state index contributed by atoms with van der Waals surface area (Å²) in [6.45, 7) is 7.09. The number of hydrogen-bond acceptors (Lipinski definition) is 5. The van der Waals surface area contributed by atoms with Crippen molar-refractivity contribution in [3.05, 3.63) is 57.9 Å². The van der Waals surface area contributed by atoms with Crippen LogP contribution in [0, 0.1) is 5.82 Å². The topological polar surface area (TPSA) is 48.0 Å². The molecule has 0 amide bonds. The van der Waals surface area contributed by atoms with Crippen LogP contribution in [0.25, 0.3) is 0 Å². The number of benzene rings is 2. The van der Waals surface area contributed by atoms with E-state index in [1.807, 2.05) is 0 Å². The van der Waals surface area contributed by atoms with E-state index in [2.05, 4.69) is 9.64 Å². The van der Waals surface area contributed by atoms with Gasteiger partial charge < -0.3 is 14.2 Å². The van der Waals surface area contributed by atoms with Gasteiger partial charge in [-0.1, -0.05) is 11.6 Å². The number of ether oxygens (including phenoxy) is 3. The normalized spacial score (nSPS) is 17.5. The van der Waals surface area contributed by atoms with Crippen molar-refractivity contribution in [1.29, 1.82) is 0 Å². The third kappa shape index (κ3) is 7.98. The average Bonchev–Trinajstić information content (AvgIpc) is 3.57. The molecular formula is C27H30ClF4NO4. The van der Waals surface area contributed by atoms with Crippen LogP contribution < -0.4 is 9.47 Å². The fourth-order valence-corrected chi connectivity index (χ4v) is 4.66. The van der Waals surface area contributed by atoms with Crippen LogP contribution in [0.5, 0.6) is 11.5 Å². The summed E-state index contributed by atoms with van der Waals surface area (Å²) in [5, 5.41) is 0.0821. The maximum absolute atomic E-state index is 14.9. The van der Waals surface area contributed by atoms with Crippen LogP contribution in [-0.2, 0) is 11.3 Å². The Labute approximate surface area is 218 Å². The lowest BCUT2D eigenvalue weighted by Gasteiger charge is -2.32. The summed E-state index contributed by atoms with van der Waals surface area (Å²) in [6.07, 6.45) is -1.75. The van der Waals surface area contributed by atoms with Gasteiger partial charge in [-0.15, -0.1) is 13.2 Å². The van der Waals surface area contributed by atoms with Crippen molar-refractivity contribution in [2.24, 2.45) is 0 Å². The Balaban J connectivity index is 1.39. The van der Waals surface area contributed by atoms with Crippen LogP contribution >= 0.6 is 11.6 Å². The first-order valence-electron chi connectivity index (χ1n) is 12.3. The number of likely N-dealkylation sites (tertiary alicyclic amines) is 1. The van der Waals surface area contributed by atoms with Crippen LogP contribution in [-0.4, -0.2) is 42.0 Å². The summed E-state index contributed by atoms with van der Waals surface area (Å²) in [5.74, 6) is -1.17. The molecule has 0 bridgehead atoms. The zero-order valence-corrected chi connectivity index (χ0v) is 21.7. The zero-order valence-electron chi connectivity index (χ0n) is 21.0. The van der Waals surface area contributed by atoms with Gasteiger partial charge in [-0.25, -0.2) is 9.18 Å². The quantitative estimate of drug-likeness (QED) is 0.272. The lowest BCUT2D eigenvalue weighted by atomic mass is 9.97. The molecule has 1 aliphatic heterocycles. The molecule has 4 rings (SSSR count). The summed E-state index contributed by atoms with van der Waals surface area (Å²) >= 11 is 5.94. The van der Waals surface area contributed by atoms with Crippen molar-refractivity contribution in [1.82, 2.24) is 4.90 Å². The van der Waals surface area contributed by atoms with Crippen molar-refractivity contribution in [2.75, 3.05) is 13.1 Å². The van der Waals surface area contributed by atoms with Gasteiger partial charge in [0.05, 0.1) is 5.56 Å². The number of carbonyl (C=O) groups excluding carboxylic acids is 1. The zero-order chi connectivity index (χ0) is 27.0. The van der Waals surface area contributed by atoms with E-state index in [0.29, 0.717) is 38.4 Å². The molecule has 1 saturated heterocycles. The predicted octanol–water partition coefficient (Wildman–Crippen LogP) is 7.25. The van der Waals surface area contributed by atoms with Gasteiger partial charge in [0.15, 0.2) is 0 Å². The number of esters is 1. The summed E-state index contributed by atoms with van der Waals surface area (Å²) < 4.78 is 67.8. The standard InChI is InChI=1S/C27H30ClF4NO4/c1-26(2,3)37-25(34)23-14-22(16-4-5-16)17(10-24(23)29)15-33-8-6-19(7-9-33)35-20-11-18(28)12-21(13-20)36-27(30,31)32/h10-14,16,19H,4-9,15H2,1-3H3. The van der Waals surface area contributed by atoms with E-state index in [1.165, 1.54) is 18.2 Å². The lowest BCUT2D eigenvalue weighted by Crippen LogP contribution is -2.38. The van der Waals surface area contributed by atoms with Crippen molar-refractivity contribution in [3.63, 3.8) is 0 Å². The number of piperidine rings is 1. The highest BCUT2D eigenvalue weighted by Gasteiger charge is 2.32. The monoisotopic (exact) mass is 543 g/mol. The summed E-state index contributed by atoms with van der Waals surface area (Å²) in [4.78, 5) is 14.7. The van der Waals surface area contributed by atoms with E-state index in [1.54, 1.807) is 26.8 Å². The van der Waals surface area contributed by atoms with Gasteiger partial charge >= 0.3 is 12.3 Å². The van der Waals surface area contributed by atoms with Crippen LogP contribution in [0.4, 0.5) is 17.6 Å². The summed E-state index contributed by atoms with van der Waals surface area (Å²) in [7, 11) is 0. The molecule has 1 aliphatic carbocycles. The fraction of sp³-hybridized carbons (Fsp3) is 0.519. The van der Waals surface area contributed by atoms with E-state index in [-0.39, 0.29) is 22.4 Å². The van der Waals surface area contributed by atoms with E-state index in [0.717, 1.165) is 30.0 Å². The van der Waals surface area contributed by atoms with Crippen molar-refractivity contribution < 1.29 is 36.6 Å². The second-order valence-electron chi connectivity index (χ2n) is 10.6. The van der Waals surface area contributed by atoms with E-state index in [9.17, 15) is 22.4 Å². The molecule has 0 atom stereocenters. The number of nitrogens with zero attached hydrogens (tertiary/aromatic N) is 1. The highest BCUT2D eigenvalue weighted by molar-refractivity contribution is 6.30. The van der Waals surface area contributed by atoms with E-state index < -0.39 is 29.5 Å². The largest absolute Gasteiger partial charge is 0.573 e. The third-order valence-electron chi connectivity index (χ3n) is 6.17. The van der Waals surface area contributed by atoms with Gasteiger partial charge in [-0.3, -0.25) is 4.90 Å². The molecule has 2 fully saturated rings. The molecule has 2 aromatic carbocycles. The number of halogens is 5. The number of carbonyl (C=O) groups is 1. The van der Waals surface area contributed by atoms with Gasteiger partial charge in [-0.05, 0) is 87.8 Å². The Bertz CT molecular complexity index is 1140. The summed E-state index contributed by atoms with van der Waals surface area (Å²) in [6, 6.07) is 6.79. The van der Waals surface area contributed by atoms with Crippen molar-refractivity contribution >= 4 is 17.6 Å². The van der Waals surface area contributed by atoms with Crippen molar-refractivity contribution in [2.45, 2.75) is 77.0 Å². The second kappa shape index (κ2) is 10.7. The molecule has 0 unspecified atom stereocenters. The molecule has 1 heterocycles. The molecule has 0 N–H and O–H groups in total. The van der Waals surface area contributed by atoms with Crippen LogP contribution in [0.1, 0.15) is 73.9 Å². The third-order valence-corrected chi connectivity index (χ3v) is 6.39. The first-order valence-corrected chi connectivity index (χ1v) is 12.6. The van der Waals surface area contributed by atoms with Gasteiger partial charge in [0.25, 0.3) is 0 Å². The average molecular weight is 544 g/mol. The Morgan fingerprint density at radius 1 is 1.00 bits per heavy atom. The SMILES string of the molecule is CC(C)(C)OC(=O)c1cc(C2CC2)c(CN2CCC(Oc3cc(Cl)cc(OC(F)(F)F)c3)CC2)cc1F. The van der Waals surface area contributed by atoms with Crippen LogP contribution in [0.2, 0.25) is 5.02 Å². The molecular weight excluding hydrogens is 514 g/mol. The number of hydrogen-bond donors (Lipinski definition) is 0. The minimum atomic E-state index is -4.82. The molecule has 5 nitrogen and oxygen atoms in total. The van der Waals surface area contributed by atoms with Crippen LogP contribution in [0.3, 0.4) is 0 Å². The Morgan fingerprint density at radius 3 is 2.24 bits per heavy atom. The lowest BCUT2D eigenvalue weighted by molar-refractivity contribution is -0.274. The maximum atomic E-state index is 14.9. The minimum absolute atomic E-state index is 0.0388. The molecule has 37 heavy (non-hydrogen) atoms. The second-order valence-corrected chi connectivity index (χ2v) is 11.0. The fourth-order valence-electron chi connectivity index (χ4n) is 4.45. The molecule has 0 spiro atoms. The molecule has 202 valence electrons. The first-order chi connectivity index (χ1) is 17.3. The van der Waals surface area contributed by atoms with Gasteiger partial charge in [0.1, 0.15) is 29.0 Å². The predicted molar refractivity (Wildman–Crippen MR) is 131 cm³/mol. The molecule has 2 aliphatic rings. The molecule has 0 radical (unpaired) electrons. The Hall–Kier alpha value is -2.52. The maximum Gasteiger partial charge on any atom is 0.573 e. The minimum Gasteiger partial charge on any atom is -0.490 e. The van der Waals surface area contributed by atoms with Gasteiger partial charge in [0, 0.05) is 30.7 Å². The smallest absolute Gasteiger partial charge is 0.490 e. The molecule has 1 saturated carbocycles. The molecule has 0 aromatic heterocycles. The number of alkyl halides is 3. The Morgan fingerprint density at radius 2 is 1.65 bits per heavy atom. The van der Waals surface area contributed by atoms with Gasteiger partial charge in [0.2, 0.25) is 0 Å². The molecule has 10 heteroatoms. The van der Waals surface area contributed by atoms with Gasteiger partial charge in [-0.2, -0.15) is 0 Å². The first kappa shape index (κ1) is 27.5.